The zero-order valence-corrected chi connectivity index (χ0v) is 24.0. The van der Waals surface area contributed by atoms with Gasteiger partial charge in [-0.3, -0.25) is 24.1 Å². The Morgan fingerprint density at radius 3 is 2.46 bits per heavy atom. The van der Waals surface area contributed by atoms with Crippen molar-refractivity contribution in [2.45, 2.75) is 31.0 Å². The number of aliphatic hydroxyl groups is 1. The van der Waals surface area contributed by atoms with E-state index in [-0.39, 0.29) is 18.9 Å². The Bertz CT molecular complexity index is 1700. The highest BCUT2D eigenvalue weighted by Gasteiger charge is 2.40. The van der Waals surface area contributed by atoms with Gasteiger partial charge in [-0.15, -0.1) is 11.3 Å². The van der Waals surface area contributed by atoms with Gasteiger partial charge in [0.25, 0.3) is 23.6 Å². The van der Waals surface area contributed by atoms with Crippen LogP contribution in [0.5, 0.6) is 0 Å². The number of hydrogen-bond acceptors (Lipinski definition) is 6. The van der Waals surface area contributed by atoms with Crippen LogP contribution in [0, 0.1) is 0 Å². The number of aromatic nitrogens is 1. The highest BCUT2D eigenvalue weighted by atomic mass is 35.5. The molecule has 2 aliphatic rings. The molecule has 4 aromatic rings. The number of halogens is 2. The van der Waals surface area contributed by atoms with Crippen molar-refractivity contribution in [3.63, 3.8) is 0 Å². The highest BCUT2D eigenvalue weighted by molar-refractivity contribution is 7.23. The number of imide groups is 1. The van der Waals surface area contributed by atoms with E-state index in [1.165, 1.54) is 16.2 Å². The average molecular weight is 612 g/mol. The molecule has 0 saturated heterocycles. The molecule has 3 N–H and O–H groups in total. The summed E-state index contributed by atoms with van der Waals surface area (Å²) in [6.07, 6.45) is -1.10. The van der Waals surface area contributed by atoms with Crippen LogP contribution in [0.25, 0.3) is 10.2 Å². The molecular weight excluding hydrogens is 587 g/mol. The fourth-order valence-electron chi connectivity index (χ4n) is 5.66. The minimum Gasteiger partial charge on any atom is -0.383 e. The lowest BCUT2D eigenvalue weighted by molar-refractivity contribution is -0.142. The fraction of sp³-hybridized carbons (Fsp3) is 0.241. The lowest BCUT2D eigenvalue weighted by Gasteiger charge is -2.32. The van der Waals surface area contributed by atoms with E-state index >= 15 is 0 Å². The summed E-state index contributed by atoms with van der Waals surface area (Å²) < 4.78 is 1.19. The van der Waals surface area contributed by atoms with Crippen molar-refractivity contribution in [1.29, 1.82) is 0 Å². The predicted molar refractivity (Wildman–Crippen MR) is 156 cm³/mol. The smallest absolute Gasteiger partial charge is 0.268 e. The van der Waals surface area contributed by atoms with Crippen LogP contribution in [-0.4, -0.2) is 69.3 Å². The quantitative estimate of drug-likeness (QED) is 0.267. The zero-order valence-electron chi connectivity index (χ0n) is 21.7. The van der Waals surface area contributed by atoms with Gasteiger partial charge in [-0.2, -0.15) is 0 Å². The number of carbonyl (C=O) groups excluding carboxylic acids is 4. The third-order valence-corrected chi connectivity index (χ3v) is 9.62. The van der Waals surface area contributed by atoms with Gasteiger partial charge in [-0.05, 0) is 35.7 Å². The number of rotatable bonds is 7. The molecule has 41 heavy (non-hydrogen) atoms. The molecule has 3 heterocycles. The van der Waals surface area contributed by atoms with Gasteiger partial charge in [-0.25, -0.2) is 0 Å². The van der Waals surface area contributed by atoms with Crippen molar-refractivity contribution in [3.05, 3.63) is 91.9 Å². The summed E-state index contributed by atoms with van der Waals surface area (Å²) in [6.45, 7) is -0.106. The predicted octanol–water partition coefficient (Wildman–Crippen LogP) is 4.44. The lowest BCUT2D eigenvalue weighted by atomic mass is 10.0. The molecule has 0 radical (unpaired) electrons. The van der Waals surface area contributed by atoms with Crippen LogP contribution >= 0.6 is 34.5 Å². The number of fused-ring (bicyclic) bond motifs is 3. The van der Waals surface area contributed by atoms with Crippen LogP contribution in [0.3, 0.4) is 0 Å². The molecule has 4 amide bonds. The van der Waals surface area contributed by atoms with Gasteiger partial charge in [0.2, 0.25) is 0 Å². The molecule has 1 aliphatic carbocycles. The van der Waals surface area contributed by atoms with Gasteiger partial charge in [0.15, 0.2) is 0 Å². The van der Waals surface area contributed by atoms with Gasteiger partial charge >= 0.3 is 0 Å². The maximum Gasteiger partial charge on any atom is 0.268 e. The van der Waals surface area contributed by atoms with Crippen molar-refractivity contribution in [3.8, 4) is 0 Å². The SMILES string of the molecule is CN(C(=O)[C@@H](O)CCN1C(=O)c2ccccc2C1=O)[C@@H]1c2ccccc2C[C@H]1NC(=O)c1cc2sc(Cl)c(Cl)c2[nH]1. The van der Waals surface area contributed by atoms with E-state index in [0.29, 0.717) is 38.1 Å². The lowest BCUT2D eigenvalue weighted by Crippen LogP contribution is -2.48. The van der Waals surface area contributed by atoms with Crippen LogP contribution in [-0.2, 0) is 11.2 Å². The standard InChI is InChI=1S/C29H24Cl2N4O5S/c1-34(29(40)20(36)10-11-35-27(38)16-8-4-5-9-17(16)28(35)39)24-15-7-3-2-6-14(15)12-18(24)33-26(37)19-13-21-23(32-19)22(30)25(31)41-21/h2-9,13,18,20,24,32,36H,10-12H2,1H3,(H,33,37)/t18-,20+,24-/m1/s1. The van der Waals surface area contributed by atoms with Crippen molar-refractivity contribution in [1.82, 2.24) is 20.1 Å². The zero-order chi connectivity index (χ0) is 29.0. The monoisotopic (exact) mass is 610 g/mol. The number of amides is 4. The van der Waals surface area contributed by atoms with Crippen LogP contribution in [0.2, 0.25) is 9.36 Å². The maximum absolute atomic E-state index is 13.4. The van der Waals surface area contributed by atoms with E-state index in [1.54, 1.807) is 37.4 Å². The van der Waals surface area contributed by atoms with Gasteiger partial charge in [0, 0.05) is 20.0 Å². The Hall–Kier alpha value is -3.70. The third-order valence-electron chi connectivity index (χ3n) is 7.68. The first kappa shape index (κ1) is 27.5. The van der Waals surface area contributed by atoms with E-state index in [9.17, 15) is 24.3 Å². The molecule has 2 aromatic carbocycles. The Kier molecular flexibility index (Phi) is 7.11. The molecule has 9 nitrogen and oxygen atoms in total. The molecule has 2 aromatic heterocycles. The number of benzene rings is 2. The van der Waals surface area contributed by atoms with Gasteiger partial charge in [0.1, 0.15) is 16.1 Å². The highest BCUT2D eigenvalue weighted by Crippen LogP contribution is 2.39. The second kappa shape index (κ2) is 10.6. The summed E-state index contributed by atoms with van der Waals surface area (Å²) in [7, 11) is 1.58. The van der Waals surface area contributed by atoms with E-state index in [4.69, 9.17) is 23.2 Å². The number of H-pyrrole nitrogens is 1. The first-order valence-corrected chi connectivity index (χ1v) is 14.5. The largest absolute Gasteiger partial charge is 0.383 e. The molecule has 0 bridgehead atoms. The number of aromatic amines is 1. The van der Waals surface area contributed by atoms with Crippen LogP contribution in [0.1, 0.15) is 54.8 Å². The second-order valence-corrected chi connectivity index (χ2v) is 12.1. The van der Waals surface area contributed by atoms with Crippen molar-refractivity contribution < 1.29 is 24.3 Å². The van der Waals surface area contributed by atoms with E-state index in [0.717, 1.165) is 20.7 Å². The molecule has 0 saturated carbocycles. The van der Waals surface area contributed by atoms with Crippen LogP contribution in [0.4, 0.5) is 0 Å². The number of aliphatic hydroxyl groups excluding tert-OH is 1. The maximum atomic E-state index is 13.4. The van der Waals surface area contributed by atoms with Crippen molar-refractivity contribution in [2.75, 3.05) is 13.6 Å². The first-order valence-electron chi connectivity index (χ1n) is 12.9. The number of carbonyl (C=O) groups is 4. The summed E-state index contributed by atoms with van der Waals surface area (Å²) in [4.78, 5) is 57.5. The molecule has 0 spiro atoms. The molecule has 12 heteroatoms. The molecular formula is C29H24Cl2N4O5S. The Balaban J connectivity index is 1.17. The molecule has 1 aliphatic heterocycles. The molecule has 0 unspecified atom stereocenters. The van der Waals surface area contributed by atoms with Gasteiger partial charge in [-0.1, -0.05) is 59.6 Å². The third kappa shape index (κ3) is 4.70. The van der Waals surface area contributed by atoms with Gasteiger partial charge in [0.05, 0.1) is 38.4 Å². The normalized spacial score (nSPS) is 18.5. The minimum atomic E-state index is -1.46. The number of hydrogen-bond donors (Lipinski definition) is 3. The average Bonchev–Trinajstić information content (AvgIpc) is 3.68. The summed E-state index contributed by atoms with van der Waals surface area (Å²) in [5.74, 6) is -1.84. The summed E-state index contributed by atoms with van der Waals surface area (Å²) in [5.41, 5.74) is 3.36. The Morgan fingerprint density at radius 2 is 1.78 bits per heavy atom. The van der Waals surface area contributed by atoms with Crippen molar-refractivity contribution in [2.24, 2.45) is 0 Å². The van der Waals surface area contributed by atoms with Crippen molar-refractivity contribution >= 4 is 68.4 Å². The molecule has 3 atom stereocenters. The molecule has 210 valence electrons. The number of nitrogens with one attached hydrogen (secondary N) is 2. The van der Waals surface area contributed by atoms with E-state index in [2.05, 4.69) is 10.3 Å². The summed E-state index contributed by atoms with van der Waals surface area (Å²) >= 11 is 13.6. The fourth-order valence-corrected chi connectivity index (χ4v) is 7.14. The number of likely N-dealkylation sites (N-methyl/N-ethyl adjacent to an activating group) is 1. The van der Waals surface area contributed by atoms with E-state index < -0.39 is 35.9 Å². The Labute approximate surface area is 248 Å². The van der Waals surface area contributed by atoms with Crippen LogP contribution in [0.15, 0.2) is 54.6 Å². The van der Waals surface area contributed by atoms with E-state index in [1.807, 2.05) is 24.3 Å². The number of nitrogens with zero attached hydrogens (tertiary/aromatic N) is 2. The summed E-state index contributed by atoms with van der Waals surface area (Å²) in [6, 6.07) is 14.8. The van der Waals surface area contributed by atoms with Gasteiger partial charge < -0.3 is 20.3 Å². The topological polar surface area (TPSA) is 123 Å². The first-order chi connectivity index (χ1) is 19.7. The molecule has 0 fully saturated rings. The summed E-state index contributed by atoms with van der Waals surface area (Å²) in [5, 5.41) is 14.2. The second-order valence-electron chi connectivity index (χ2n) is 10.1. The minimum absolute atomic E-state index is 0.106. The number of thiophene rings is 1. The van der Waals surface area contributed by atoms with Crippen LogP contribution < -0.4 is 5.32 Å². The molecule has 6 rings (SSSR count). The Morgan fingerprint density at radius 1 is 1.12 bits per heavy atom.